The Morgan fingerprint density at radius 2 is 1.83 bits per heavy atom. The summed E-state index contributed by atoms with van der Waals surface area (Å²) in [6.45, 7) is 2.38. The highest BCUT2D eigenvalue weighted by atomic mass is 16.5. The first kappa shape index (κ1) is 18.8. The number of ether oxygens (including phenoxy) is 1. The van der Waals surface area contributed by atoms with Crippen LogP contribution >= 0.6 is 0 Å². The molecule has 4 rings (SSSR count). The van der Waals surface area contributed by atoms with Gasteiger partial charge >= 0.3 is 0 Å². The Bertz CT molecular complexity index is 1010. The number of hydrogen-bond acceptors (Lipinski definition) is 4. The zero-order valence-corrected chi connectivity index (χ0v) is 16.1. The van der Waals surface area contributed by atoms with Crippen LogP contribution in [0.3, 0.4) is 0 Å². The quantitative estimate of drug-likeness (QED) is 0.725. The third-order valence-electron chi connectivity index (χ3n) is 4.96. The SMILES string of the molecule is Cc1occc1C(=O)N1C[C@H](C(=O)NCCc2ccccc2)Oc2ccccc21. The van der Waals surface area contributed by atoms with Crippen molar-refractivity contribution < 1.29 is 18.7 Å². The largest absolute Gasteiger partial charge is 0.477 e. The van der Waals surface area contributed by atoms with Crippen molar-refractivity contribution in [3.63, 3.8) is 0 Å². The number of nitrogens with zero attached hydrogens (tertiary/aromatic N) is 1. The minimum absolute atomic E-state index is 0.137. The molecule has 0 saturated carbocycles. The molecular formula is C23H22N2O4. The van der Waals surface area contributed by atoms with Crippen molar-refractivity contribution in [2.45, 2.75) is 19.4 Å². The average Bonchev–Trinajstić information content (AvgIpc) is 3.19. The molecule has 0 spiro atoms. The maximum absolute atomic E-state index is 13.1. The molecule has 29 heavy (non-hydrogen) atoms. The van der Waals surface area contributed by atoms with Crippen molar-refractivity contribution >= 4 is 17.5 Å². The predicted octanol–water partition coefficient (Wildman–Crippen LogP) is 3.35. The van der Waals surface area contributed by atoms with Gasteiger partial charge in [0, 0.05) is 6.54 Å². The van der Waals surface area contributed by atoms with Gasteiger partial charge in [0.05, 0.1) is 24.1 Å². The molecule has 2 aromatic carbocycles. The van der Waals surface area contributed by atoms with E-state index in [1.807, 2.05) is 48.5 Å². The lowest BCUT2D eigenvalue weighted by Gasteiger charge is -2.34. The number of rotatable bonds is 5. The lowest BCUT2D eigenvalue weighted by atomic mass is 10.1. The number of furan rings is 1. The van der Waals surface area contributed by atoms with Gasteiger partial charge in [-0.2, -0.15) is 0 Å². The van der Waals surface area contributed by atoms with E-state index in [1.165, 1.54) is 6.26 Å². The molecule has 6 heteroatoms. The molecule has 2 amide bonds. The van der Waals surface area contributed by atoms with E-state index < -0.39 is 6.10 Å². The molecule has 1 aliphatic rings. The summed E-state index contributed by atoms with van der Waals surface area (Å²) >= 11 is 0. The van der Waals surface area contributed by atoms with Crippen LogP contribution in [-0.4, -0.2) is 31.0 Å². The lowest BCUT2D eigenvalue weighted by Crippen LogP contribution is -2.51. The van der Waals surface area contributed by atoms with Crippen LogP contribution in [0.15, 0.2) is 71.3 Å². The van der Waals surface area contributed by atoms with E-state index in [0.717, 1.165) is 12.0 Å². The van der Waals surface area contributed by atoms with Crippen LogP contribution in [0.25, 0.3) is 0 Å². The molecule has 0 aliphatic carbocycles. The smallest absolute Gasteiger partial charge is 0.262 e. The van der Waals surface area contributed by atoms with Crippen LogP contribution in [0.5, 0.6) is 5.75 Å². The number of anilines is 1. The molecule has 0 radical (unpaired) electrons. The number of fused-ring (bicyclic) bond motifs is 1. The van der Waals surface area contributed by atoms with Gasteiger partial charge < -0.3 is 19.4 Å². The fourth-order valence-corrected chi connectivity index (χ4v) is 3.40. The maximum Gasteiger partial charge on any atom is 0.262 e. The summed E-state index contributed by atoms with van der Waals surface area (Å²) in [6, 6.07) is 18.8. The molecular weight excluding hydrogens is 368 g/mol. The highest BCUT2D eigenvalue weighted by Crippen LogP contribution is 2.34. The highest BCUT2D eigenvalue weighted by molar-refractivity contribution is 6.08. The Labute approximate surface area is 169 Å². The summed E-state index contributed by atoms with van der Waals surface area (Å²) < 4.78 is 11.2. The minimum Gasteiger partial charge on any atom is -0.477 e. The van der Waals surface area contributed by atoms with Crippen molar-refractivity contribution in [2.75, 3.05) is 18.0 Å². The number of hydrogen-bond donors (Lipinski definition) is 1. The van der Waals surface area contributed by atoms with Gasteiger partial charge in [0.15, 0.2) is 6.10 Å². The summed E-state index contributed by atoms with van der Waals surface area (Å²) in [5, 5.41) is 2.92. The molecule has 0 unspecified atom stereocenters. The van der Waals surface area contributed by atoms with Crippen molar-refractivity contribution in [3.05, 3.63) is 83.8 Å². The van der Waals surface area contributed by atoms with E-state index in [0.29, 0.717) is 29.3 Å². The zero-order valence-electron chi connectivity index (χ0n) is 16.1. The third kappa shape index (κ3) is 4.01. The number of para-hydroxylation sites is 2. The summed E-state index contributed by atoms with van der Waals surface area (Å²) in [6.07, 6.45) is 1.44. The van der Waals surface area contributed by atoms with E-state index in [2.05, 4.69) is 5.32 Å². The average molecular weight is 390 g/mol. The van der Waals surface area contributed by atoms with Gasteiger partial charge in [0.1, 0.15) is 11.5 Å². The number of benzene rings is 2. The van der Waals surface area contributed by atoms with Crippen molar-refractivity contribution in [1.29, 1.82) is 0 Å². The van der Waals surface area contributed by atoms with Crippen LogP contribution in [0.2, 0.25) is 0 Å². The monoisotopic (exact) mass is 390 g/mol. The van der Waals surface area contributed by atoms with Gasteiger partial charge in [0.25, 0.3) is 11.8 Å². The molecule has 2 heterocycles. The lowest BCUT2D eigenvalue weighted by molar-refractivity contribution is -0.127. The molecule has 0 fully saturated rings. The molecule has 1 aromatic heterocycles. The first-order valence-electron chi connectivity index (χ1n) is 9.57. The van der Waals surface area contributed by atoms with E-state index >= 15 is 0 Å². The van der Waals surface area contributed by atoms with Crippen molar-refractivity contribution in [1.82, 2.24) is 5.32 Å². The van der Waals surface area contributed by atoms with E-state index in [-0.39, 0.29) is 18.4 Å². The Morgan fingerprint density at radius 1 is 1.07 bits per heavy atom. The Balaban J connectivity index is 1.48. The molecule has 1 atom stereocenters. The van der Waals surface area contributed by atoms with Crippen molar-refractivity contribution in [3.8, 4) is 5.75 Å². The van der Waals surface area contributed by atoms with Gasteiger partial charge in [-0.1, -0.05) is 42.5 Å². The van der Waals surface area contributed by atoms with Gasteiger partial charge in [-0.3, -0.25) is 9.59 Å². The second kappa shape index (κ2) is 8.22. The van der Waals surface area contributed by atoms with Crippen LogP contribution in [0.4, 0.5) is 5.69 Å². The summed E-state index contributed by atoms with van der Waals surface area (Å²) in [7, 11) is 0. The number of aryl methyl sites for hydroxylation is 1. The van der Waals surface area contributed by atoms with Gasteiger partial charge in [-0.15, -0.1) is 0 Å². The Hall–Kier alpha value is -3.54. The fourth-order valence-electron chi connectivity index (χ4n) is 3.40. The minimum atomic E-state index is -0.781. The molecule has 0 bridgehead atoms. The second-order valence-corrected chi connectivity index (χ2v) is 6.91. The van der Waals surface area contributed by atoms with Crippen molar-refractivity contribution in [2.24, 2.45) is 0 Å². The molecule has 1 N–H and O–H groups in total. The molecule has 3 aromatic rings. The fraction of sp³-hybridized carbons (Fsp3) is 0.217. The van der Waals surface area contributed by atoms with Gasteiger partial charge in [-0.25, -0.2) is 0 Å². The zero-order chi connectivity index (χ0) is 20.2. The first-order valence-corrected chi connectivity index (χ1v) is 9.57. The number of nitrogens with one attached hydrogen (secondary N) is 1. The van der Waals surface area contributed by atoms with E-state index in [9.17, 15) is 9.59 Å². The van der Waals surface area contributed by atoms with Crippen LogP contribution in [0, 0.1) is 6.92 Å². The predicted molar refractivity (Wildman–Crippen MR) is 109 cm³/mol. The van der Waals surface area contributed by atoms with Gasteiger partial charge in [0.2, 0.25) is 0 Å². The molecule has 148 valence electrons. The first-order chi connectivity index (χ1) is 14.1. The maximum atomic E-state index is 13.1. The topological polar surface area (TPSA) is 71.8 Å². The van der Waals surface area contributed by atoms with E-state index in [1.54, 1.807) is 24.0 Å². The molecule has 1 aliphatic heterocycles. The highest BCUT2D eigenvalue weighted by Gasteiger charge is 2.34. The van der Waals surface area contributed by atoms with Crippen LogP contribution in [0.1, 0.15) is 21.7 Å². The Kier molecular flexibility index (Phi) is 5.33. The molecule has 0 saturated heterocycles. The van der Waals surface area contributed by atoms with Gasteiger partial charge in [-0.05, 0) is 37.1 Å². The summed E-state index contributed by atoms with van der Waals surface area (Å²) in [4.78, 5) is 27.4. The number of carbonyl (C=O) groups excluding carboxylic acids is 2. The number of amides is 2. The van der Waals surface area contributed by atoms with Crippen LogP contribution < -0.4 is 15.0 Å². The Morgan fingerprint density at radius 3 is 2.59 bits per heavy atom. The van der Waals surface area contributed by atoms with Crippen LogP contribution in [-0.2, 0) is 11.2 Å². The number of carbonyl (C=O) groups is 2. The normalized spacial score (nSPS) is 15.3. The summed E-state index contributed by atoms with van der Waals surface area (Å²) in [5.74, 6) is 0.602. The standard InChI is InChI=1S/C23H22N2O4/c1-16-18(12-14-28-16)23(27)25-15-21(29-20-10-6-5-9-19(20)25)22(26)24-13-11-17-7-3-2-4-8-17/h2-10,12,14,21H,11,13,15H2,1H3,(H,24,26)/t21-/m1/s1. The van der Waals surface area contributed by atoms with E-state index in [4.69, 9.17) is 9.15 Å². The molecule has 6 nitrogen and oxygen atoms in total. The second-order valence-electron chi connectivity index (χ2n) is 6.91. The third-order valence-corrected chi connectivity index (χ3v) is 4.96. The summed E-state index contributed by atoms with van der Waals surface area (Å²) in [5.41, 5.74) is 2.27.